The van der Waals surface area contributed by atoms with Crippen molar-refractivity contribution in [3.63, 3.8) is 0 Å². The summed E-state index contributed by atoms with van der Waals surface area (Å²) in [5.41, 5.74) is -2.85. The van der Waals surface area contributed by atoms with Gasteiger partial charge in [-0.1, -0.05) is 20.8 Å². The molecule has 12 rings (SSSR count). The number of esters is 9. The Balaban J connectivity index is 0.000000170. The van der Waals surface area contributed by atoms with E-state index in [1.54, 1.807) is 13.8 Å². The Labute approximate surface area is 458 Å². The molecule has 20 nitrogen and oxygen atoms in total. The minimum Gasteiger partial charge on any atom is -0.463 e. The van der Waals surface area contributed by atoms with Crippen LogP contribution in [0, 0.1) is 57.7 Å². The number of rotatable bonds is 21. The fourth-order valence-corrected chi connectivity index (χ4v) is 13.0. The quantitative estimate of drug-likeness (QED) is 0.0634. The molecule has 6 saturated carbocycles. The molecule has 0 radical (unpaired) electrons. The molecule has 6 heterocycles. The highest BCUT2D eigenvalue weighted by Gasteiger charge is 2.56. The van der Waals surface area contributed by atoms with Crippen LogP contribution in [0.1, 0.15) is 171 Å². The predicted octanol–water partition coefficient (Wildman–Crippen LogP) is 7.04. The molecule has 13 atom stereocenters. The number of carbonyl (C=O) groups is 9. The molecule has 6 saturated heterocycles. The van der Waals surface area contributed by atoms with Gasteiger partial charge in [0, 0.05) is 19.3 Å². The number of ether oxygens (including phenoxy) is 11. The first-order chi connectivity index (χ1) is 36.8. The maximum Gasteiger partial charge on any atom is 0.344 e. The molecule has 438 valence electrons. The number of carbonyl (C=O) groups excluding carboxylic acids is 9. The van der Waals surface area contributed by atoms with Crippen LogP contribution in [0.5, 0.6) is 0 Å². The van der Waals surface area contributed by atoms with Gasteiger partial charge in [-0.25, -0.2) is 14.4 Å². The summed E-state index contributed by atoms with van der Waals surface area (Å²) in [7, 11) is 0. The van der Waals surface area contributed by atoms with Gasteiger partial charge in [0.1, 0.15) is 50.3 Å². The first kappa shape index (κ1) is 60.8. The van der Waals surface area contributed by atoms with Gasteiger partial charge in [0.05, 0.1) is 52.3 Å². The highest BCUT2D eigenvalue weighted by molar-refractivity contribution is 5.82. The second-order valence-corrected chi connectivity index (χ2v) is 25.6. The second kappa shape index (κ2) is 25.3. The lowest BCUT2D eigenvalue weighted by Crippen LogP contribution is -2.48. The van der Waals surface area contributed by atoms with Gasteiger partial charge in [0.2, 0.25) is 0 Å². The molecule has 0 aromatic carbocycles. The van der Waals surface area contributed by atoms with Crippen LogP contribution in [-0.2, 0) is 95.3 Å². The third kappa shape index (κ3) is 15.3. The minimum atomic E-state index is -0.807. The van der Waals surface area contributed by atoms with Crippen molar-refractivity contribution >= 4 is 53.7 Å². The van der Waals surface area contributed by atoms with Gasteiger partial charge in [-0.15, -0.1) is 0 Å². The molecule has 0 spiro atoms. The van der Waals surface area contributed by atoms with E-state index in [2.05, 4.69) is 0 Å². The summed E-state index contributed by atoms with van der Waals surface area (Å²) in [6, 6.07) is 0. The SMILES string of the molecule is CCC(C)(C)C(=O)OCC(=O)OCC(=O)OC12CC3CC(C1)OC(=O)C(C3)C2.CCC(C)(C)C(=O)OCCOC(=O)COC12CC3CC(C1)OC(=O)C(C3)C2.CCC(C)(C)C(=O)OCCOC1C2CC3CC(C2)C(=O)OC1C3. The Bertz CT molecular complexity index is 2220. The van der Waals surface area contributed by atoms with E-state index in [4.69, 9.17) is 52.1 Å². The molecule has 12 fully saturated rings. The van der Waals surface area contributed by atoms with E-state index in [1.165, 1.54) is 0 Å². The first-order valence-corrected chi connectivity index (χ1v) is 28.7. The lowest BCUT2D eigenvalue weighted by Gasteiger charge is -2.45. The third-order valence-corrected chi connectivity index (χ3v) is 18.3. The van der Waals surface area contributed by atoms with E-state index in [9.17, 15) is 43.2 Å². The molecule has 78 heavy (non-hydrogen) atoms. The van der Waals surface area contributed by atoms with Crippen LogP contribution in [0.15, 0.2) is 0 Å². The van der Waals surface area contributed by atoms with Crippen LogP contribution in [-0.4, -0.2) is 136 Å². The van der Waals surface area contributed by atoms with Gasteiger partial charge in [0.25, 0.3) is 0 Å². The fraction of sp³-hybridized carbons (Fsp3) is 0.845. The van der Waals surface area contributed by atoms with E-state index in [0.717, 1.165) is 64.2 Å². The van der Waals surface area contributed by atoms with Crippen LogP contribution in [0.2, 0.25) is 0 Å². The van der Waals surface area contributed by atoms with Crippen molar-refractivity contribution in [3.05, 3.63) is 0 Å². The summed E-state index contributed by atoms with van der Waals surface area (Å²) in [6.45, 7) is 16.0. The number of fused-ring (bicyclic) bond motifs is 3. The van der Waals surface area contributed by atoms with Crippen molar-refractivity contribution in [1.29, 1.82) is 0 Å². The van der Waals surface area contributed by atoms with Crippen LogP contribution in [0.25, 0.3) is 0 Å². The van der Waals surface area contributed by atoms with E-state index in [1.807, 2.05) is 48.5 Å². The fourth-order valence-electron chi connectivity index (χ4n) is 13.0. The van der Waals surface area contributed by atoms with Crippen molar-refractivity contribution in [2.24, 2.45) is 57.7 Å². The summed E-state index contributed by atoms with van der Waals surface area (Å²) in [6.07, 6.45) is 12.7. The lowest BCUT2D eigenvalue weighted by molar-refractivity contribution is -0.183. The zero-order valence-electron chi connectivity index (χ0n) is 47.5. The Morgan fingerprint density at radius 1 is 0.462 bits per heavy atom. The molecule has 13 unspecified atom stereocenters. The molecular weight excluding hydrogens is 1020 g/mol. The Morgan fingerprint density at radius 2 is 0.936 bits per heavy atom. The van der Waals surface area contributed by atoms with Crippen molar-refractivity contribution < 1.29 is 95.3 Å². The maximum atomic E-state index is 12.2. The van der Waals surface area contributed by atoms with Crippen LogP contribution in [0.3, 0.4) is 0 Å². The summed E-state index contributed by atoms with van der Waals surface area (Å²) >= 11 is 0. The maximum absolute atomic E-state index is 12.2. The predicted molar refractivity (Wildman–Crippen MR) is 273 cm³/mol. The zero-order chi connectivity index (χ0) is 56.8. The normalized spacial score (nSPS) is 32.7. The highest BCUT2D eigenvalue weighted by atomic mass is 16.6. The average molecular weight is 1100 g/mol. The summed E-state index contributed by atoms with van der Waals surface area (Å²) in [4.78, 5) is 108. The van der Waals surface area contributed by atoms with E-state index in [-0.39, 0.29) is 98.4 Å². The number of hydrogen-bond donors (Lipinski definition) is 0. The molecule has 0 amide bonds. The van der Waals surface area contributed by atoms with Crippen molar-refractivity contribution in [3.8, 4) is 0 Å². The molecule has 12 bridgehead atoms. The Kier molecular flexibility index (Phi) is 19.7. The molecule has 6 aliphatic carbocycles. The molecule has 12 aliphatic rings. The molecule has 20 heteroatoms. The van der Waals surface area contributed by atoms with E-state index < -0.39 is 64.5 Å². The molecular formula is C58H86O20. The zero-order valence-corrected chi connectivity index (χ0v) is 47.5. The summed E-state index contributed by atoms with van der Waals surface area (Å²) < 4.78 is 59.6. The molecule has 0 aromatic heterocycles. The largest absolute Gasteiger partial charge is 0.463 e. The van der Waals surface area contributed by atoms with Crippen molar-refractivity contribution in [1.82, 2.24) is 0 Å². The second-order valence-electron chi connectivity index (χ2n) is 25.6. The Hall–Kier alpha value is -4.85. The van der Waals surface area contributed by atoms with Crippen molar-refractivity contribution in [2.45, 2.75) is 207 Å². The van der Waals surface area contributed by atoms with Crippen molar-refractivity contribution in [2.75, 3.05) is 46.2 Å². The monoisotopic (exact) mass is 1100 g/mol. The Morgan fingerprint density at radius 3 is 1.53 bits per heavy atom. The standard InChI is InChI=1S/C20H28O8.C20H30O7.C18H28O5/c1-4-19(2,3)18(24)26-10-15(21)25-11-16(22)28-20-7-12-5-13(8-20)17(23)27-14(6-12)9-20;1-4-19(2,3)18(23)25-6-5-24-16(21)12-26-20-9-13-7-14(10-20)17(22)27-15(8-13)11-20;1-4-18(2,3)17(20)22-6-5-21-15-12-7-11-8-13(10-12)16(19)23-14(15)9-11/h12-14H,4-11H2,1-3H3;13-15H,4-12H2,1-3H3;11-15H,4-10H2,1-3H3. The first-order valence-electron chi connectivity index (χ1n) is 28.7. The average Bonchev–Trinajstić information content (AvgIpc) is 3.95. The molecule has 6 aliphatic heterocycles. The minimum absolute atomic E-state index is 0.0101. The van der Waals surface area contributed by atoms with Gasteiger partial charge in [-0.2, -0.15) is 0 Å². The third-order valence-electron chi connectivity index (χ3n) is 18.3. The number of hydrogen-bond acceptors (Lipinski definition) is 20. The highest BCUT2D eigenvalue weighted by Crippen LogP contribution is 2.53. The molecule has 0 N–H and O–H groups in total. The smallest absolute Gasteiger partial charge is 0.344 e. The topological polar surface area (TPSA) is 255 Å². The van der Waals surface area contributed by atoms with Gasteiger partial charge in [-0.3, -0.25) is 28.8 Å². The van der Waals surface area contributed by atoms with Gasteiger partial charge in [-0.05, 0) is 155 Å². The van der Waals surface area contributed by atoms with Crippen LogP contribution in [0.4, 0.5) is 0 Å². The summed E-state index contributed by atoms with van der Waals surface area (Å²) in [5, 5.41) is 0. The van der Waals surface area contributed by atoms with E-state index >= 15 is 0 Å². The van der Waals surface area contributed by atoms with Gasteiger partial charge < -0.3 is 52.1 Å². The van der Waals surface area contributed by atoms with Crippen LogP contribution < -0.4 is 0 Å². The summed E-state index contributed by atoms with van der Waals surface area (Å²) in [5.74, 6) is -1.82. The van der Waals surface area contributed by atoms with Crippen LogP contribution >= 0.6 is 0 Å². The van der Waals surface area contributed by atoms with Gasteiger partial charge >= 0.3 is 53.7 Å². The van der Waals surface area contributed by atoms with Gasteiger partial charge in [0.15, 0.2) is 13.2 Å². The van der Waals surface area contributed by atoms with E-state index in [0.29, 0.717) is 75.2 Å². The lowest BCUT2D eigenvalue weighted by atomic mass is 9.65. The molecule has 0 aromatic rings.